The van der Waals surface area contributed by atoms with Gasteiger partial charge in [0.15, 0.2) is 0 Å². The molecule has 21 heavy (non-hydrogen) atoms. The predicted molar refractivity (Wildman–Crippen MR) is 82.9 cm³/mol. The molecular formula is C14H17N3O3S. The van der Waals surface area contributed by atoms with Crippen molar-refractivity contribution in [2.45, 2.75) is 13.5 Å². The van der Waals surface area contributed by atoms with E-state index in [1.54, 1.807) is 36.4 Å². The van der Waals surface area contributed by atoms with Crippen molar-refractivity contribution in [1.29, 1.82) is 0 Å². The molecule has 0 radical (unpaired) electrons. The third-order valence-corrected chi connectivity index (χ3v) is 3.32. The van der Waals surface area contributed by atoms with E-state index in [0.717, 1.165) is 17.6 Å². The Morgan fingerprint density at radius 1 is 1.19 bits per heavy atom. The zero-order valence-corrected chi connectivity index (χ0v) is 12.6. The molecule has 0 saturated carbocycles. The maximum Gasteiger partial charge on any atom is 0.229 e. The smallest absolute Gasteiger partial charge is 0.229 e. The number of anilines is 2. The molecule has 0 fully saturated rings. The number of aromatic nitrogens is 1. The van der Waals surface area contributed by atoms with E-state index in [1.165, 1.54) is 0 Å². The van der Waals surface area contributed by atoms with Crippen LogP contribution in [-0.4, -0.2) is 24.8 Å². The summed E-state index contributed by atoms with van der Waals surface area (Å²) in [7, 11) is -3.30. The van der Waals surface area contributed by atoms with Gasteiger partial charge < -0.3 is 10.4 Å². The normalized spacial score (nSPS) is 11.1. The molecule has 0 atom stereocenters. The van der Waals surface area contributed by atoms with Crippen LogP contribution in [0, 0.1) is 6.92 Å². The molecule has 112 valence electrons. The predicted octanol–water partition coefficient (Wildman–Crippen LogP) is 2.08. The summed E-state index contributed by atoms with van der Waals surface area (Å²) in [4.78, 5) is 4.25. The van der Waals surface area contributed by atoms with E-state index in [0.29, 0.717) is 17.9 Å². The van der Waals surface area contributed by atoms with Gasteiger partial charge in [-0.05, 0) is 37.3 Å². The van der Waals surface area contributed by atoms with Crippen LogP contribution in [0.25, 0.3) is 0 Å². The number of pyridine rings is 1. The highest BCUT2D eigenvalue weighted by Gasteiger charge is 2.05. The fraction of sp³-hybridized carbons (Fsp3) is 0.214. The second-order valence-electron chi connectivity index (χ2n) is 4.73. The van der Waals surface area contributed by atoms with E-state index in [4.69, 9.17) is 0 Å². The Morgan fingerprint density at radius 3 is 2.62 bits per heavy atom. The third-order valence-electron chi connectivity index (χ3n) is 2.72. The molecule has 0 spiro atoms. The standard InChI is InChI=1S/C14H17N3O3S/c1-10-6-7-14(18)13(16-10)9-15-11-4-3-5-12(8-11)17-21(2,19)20/h3-8,15,17-18H,9H2,1-2H3. The Bertz CT molecular complexity index is 745. The Kier molecular flexibility index (Phi) is 4.32. The van der Waals surface area contributed by atoms with Gasteiger partial charge >= 0.3 is 0 Å². The molecular weight excluding hydrogens is 290 g/mol. The van der Waals surface area contributed by atoms with Crippen molar-refractivity contribution in [3.05, 3.63) is 47.8 Å². The average Bonchev–Trinajstić information content (AvgIpc) is 2.38. The van der Waals surface area contributed by atoms with Crippen LogP contribution < -0.4 is 10.0 Å². The highest BCUT2D eigenvalue weighted by Crippen LogP contribution is 2.19. The second-order valence-corrected chi connectivity index (χ2v) is 6.48. The largest absolute Gasteiger partial charge is 0.506 e. The summed E-state index contributed by atoms with van der Waals surface area (Å²) in [6.45, 7) is 2.19. The molecule has 1 aromatic carbocycles. The zero-order chi connectivity index (χ0) is 15.5. The molecule has 0 saturated heterocycles. The van der Waals surface area contributed by atoms with E-state index >= 15 is 0 Å². The van der Waals surface area contributed by atoms with Crippen LogP contribution in [0.5, 0.6) is 5.75 Å². The van der Waals surface area contributed by atoms with E-state index in [1.807, 2.05) is 6.92 Å². The molecule has 2 aromatic rings. The summed E-state index contributed by atoms with van der Waals surface area (Å²) in [5.74, 6) is 0.124. The Balaban J connectivity index is 2.10. The molecule has 0 bridgehead atoms. The quantitative estimate of drug-likeness (QED) is 0.786. The van der Waals surface area contributed by atoms with E-state index in [-0.39, 0.29) is 5.75 Å². The summed E-state index contributed by atoms with van der Waals surface area (Å²) >= 11 is 0. The van der Waals surface area contributed by atoms with Gasteiger partial charge in [0.25, 0.3) is 0 Å². The number of nitrogens with zero attached hydrogens (tertiary/aromatic N) is 1. The molecule has 0 aliphatic carbocycles. The summed E-state index contributed by atoms with van der Waals surface area (Å²) in [6.07, 6.45) is 1.10. The number of nitrogens with one attached hydrogen (secondary N) is 2. The molecule has 0 aliphatic rings. The highest BCUT2D eigenvalue weighted by molar-refractivity contribution is 7.92. The lowest BCUT2D eigenvalue weighted by atomic mass is 10.2. The summed E-state index contributed by atoms with van der Waals surface area (Å²) in [6, 6.07) is 10.2. The van der Waals surface area contributed by atoms with Crippen molar-refractivity contribution in [1.82, 2.24) is 4.98 Å². The van der Waals surface area contributed by atoms with Gasteiger partial charge in [-0.15, -0.1) is 0 Å². The van der Waals surface area contributed by atoms with Gasteiger partial charge in [-0.3, -0.25) is 9.71 Å². The fourth-order valence-electron chi connectivity index (χ4n) is 1.83. The zero-order valence-electron chi connectivity index (χ0n) is 11.8. The van der Waals surface area contributed by atoms with E-state index < -0.39 is 10.0 Å². The van der Waals surface area contributed by atoms with Crippen LogP contribution in [0.15, 0.2) is 36.4 Å². The summed E-state index contributed by atoms with van der Waals surface area (Å²) < 4.78 is 24.8. The Hall–Kier alpha value is -2.28. The molecule has 3 N–H and O–H groups in total. The SMILES string of the molecule is Cc1ccc(O)c(CNc2cccc(NS(C)(=O)=O)c2)n1. The number of benzene rings is 1. The molecule has 1 heterocycles. The van der Waals surface area contributed by atoms with Crippen LogP contribution in [0.2, 0.25) is 0 Å². The molecule has 0 unspecified atom stereocenters. The van der Waals surface area contributed by atoms with Gasteiger partial charge in [0.1, 0.15) is 11.4 Å². The lowest BCUT2D eigenvalue weighted by molar-refractivity contribution is 0.464. The number of rotatable bonds is 5. The first-order chi connectivity index (χ1) is 9.83. The lowest BCUT2D eigenvalue weighted by Crippen LogP contribution is -2.10. The lowest BCUT2D eigenvalue weighted by Gasteiger charge is -2.10. The summed E-state index contributed by atoms with van der Waals surface area (Å²) in [5.41, 5.74) is 2.56. The number of aromatic hydroxyl groups is 1. The second kappa shape index (κ2) is 6.01. The highest BCUT2D eigenvalue weighted by atomic mass is 32.2. The van der Waals surface area contributed by atoms with Crippen LogP contribution in [0.4, 0.5) is 11.4 Å². The van der Waals surface area contributed by atoms with Crippen molar-refractivity contribution in [3.63, 3.8) is 0 Å². The van der Waals surface area contributed by atoms with Gasteiger partial charge in [0.2, 0.25) is 10.0 Å². The van der Waals surface area contributed by atoms with Gasteiger partial charge in [-0.25, -0.2) is 8.42 Å². The van der Waals surface area contributed by atoms with Gasteiger partial charge in [-0.1, -0.05) is 6.07 Å². The minimum absolute atomic E-state index is 0.124. The summed E-state index contributed by atoms with van der Waals surface area (Å²) in [5, 5.41) is 12.8. The van der Waals surface area contributed by atoms with Gasteiger partial charge in [0, 0.05) is 11.4 Å². The molecule has 1 aromatic heterocycles. The Labute approximate surface area is 123 Å². The maximum atomic E-state index is 11.2. The monoisotopic (exact) mass is 307 g/mol. The first kappa shape index (κ1) is 15.1. The van der Waals surface area contributed by atoms with Crippen molar-refractivity contribution in [3.8, 4) is 5.75 Å². The van der Waals surface area contributed by atoms with Crippen molar-refractivity contribution < 1.29 is 13.5 Å². The molecule has 2 rings (SSSR count). The third kappa shape index (κ3) is 4.64. The number of sulfonamides is 1. The van der Waals surface area contributed by atoms with Crippen LogP contribution in [0.3, 0.4) is 0 Å². The van der Waals surface area contributed by atoms with E-state index in [2.05, 4.69) is 15.0 Å². The van der Waals surface area contributed by atoms with Crippen molar-refractivity contribution >= 4 is 21.4 Å². The molecule has 6 nitrogen and oxygen atoms in total. The molecule has 0 amide bonds. The van der Waals surface area contributed by atoms with Crippen molar-refractivity contribution in [2.75, 3.05) is 16.3 Å². The first-order valence-electron chi connectivity index (χ1n) is 6.31. The van der Waals surface area contributed by atoms with Crippen molar-refractivity contribution in [2.24, 2.45) is 0 Å². The number of hydrogen-bond acceptors (Lipinski definition) is 5. The minimum Gasteiger partial charge on any atom is -0.506 e. The van der Waals surface area contributed by atoms with Crippen LogP contribution in [0.1, 0.15) is 11.4 Å². The average molecular weight is 307 g/mol. The first-order valence-corrected chi connectivity index (χ1v) is 8.20. The molecule has 0 aliphatic heterocycles. The minimum atomic E-state index is -3.30. The fourth-order valence-corrected chi connectivity index (χ4v) is 2.38. The van der Waals surface area contributed by atoms with Gasteiger partial charge in [-0.2, -0.15) is 0 Å². The number of hydrogen-bond donors (Lipinski definition) is 3. The van der Waals surface area contributed by atoms with Gasteiger partial charge in [0.05, 0.1) is 18.5 Å². The number of aryl methyl sites for hydroxylation is 1. The maximum absolute atomic E-state index is 11.2. The topological polar surface area (TPSA) is 91.3 Å². The van der Waals surface area contributed by atoms with Crippen LogP contribution >= 0.6 is 0 Å². The van der Waals surface area contributed by atoms with E-state index in [9.17, 15) is 13.5 Å². The van der Waals surface area contributed by atoms with Crippen LogP contribution in [-0.2, 0) is 16.6 Å². The molecule has 7 heteroatoms. The Morgan fingerprint density at radius 2 is 1.90 bits per heavy atom.